The fourth-order valence-electron chi connectivity index (χ4n) is 1.72. The van der Waals surface area contributed by atoms with Crippen LogP contribution in [-0.2, 0) is 10.0 Å². The van der Waals surface area contributed by atoms with Crippen LogP contribution in [0.5, 0.6) is 11.5 Å². The van der Waals surface area contributed by atoms with Gasteiger partial charge in [0.05, 0.1) is 4.90 Å². The maximum atomic E-state index is 12.0. The normalized spacial score (nSPS) is 11.4. The molecule has 0 aliphatic rings. The van der Waals surface area contributed by atoms with E-state index in [2.05, 4.69) is 5.32 Å². The molecule has 2 rings (SSSR count). The first kappa shape index (κ1) is 15.3. The van der Waals surface area contributed by atoms with E-state index in [1.54, 1.807) is 12.1 Å². The molecule has 0 bridgehead atoms. The zero-order chi connectivity index (χ0) is 15.5. The minimum absolute atomic E-state index is 0.241. The molecule has 0 unspecified atom stereocenters. The molecule has 0 aliphatic carbocycles. The SMILES string of the molecule is CNc1ccc(Oc2ccc(S(=O)(=O)N(C)C)cc2)cc1. The van der Waals surface area contributed by atoms with Gasteiger partial charge in [-0.1, -0.05) is 0 Å². The first-order valence-electron chi connectivity index (χ1n) is 6.42. The first-order chi connectivity index (χ1) is 9.93. The van der Waals surface area contributed by atoms with Crippen LogP contribution in [0.2, 0.25) is 0 Å². The number of hydrogen-bond donors (Lipinski definition) is 1. The Balaban J connectivity index is 2.15. The van der Waals surface area contributed by atoms with Crippen molar-refractivity contribution in [2.24, 2.45) is 0 Å². The van der Waals surface area contributed by atoms with Crippen molar-refractivity contribution in [1.82, 2.24) is 4.31 Å². The topological polar surface area (TPSA) is 58.6 Å². The van der Waals surface area contributed by atoms with Crippen LogP contribution >= 0.6 is 0 Å². The Hall–Kier alpha value is -2.05. The van der Waals surface area contributed by atoms with E-state index in [9.17, 15) is 8.42 Å². The highest BCUT2D eigenvalue weighted by Gasteiger charge is 2.16. The summed E-state index contributed by atoms with van der Waals surface area (Å²) in [7, 11) is 1.45. The number of benzene rings is 2. The van der Waals surface area contributed by atoms with Gasteiger partial charge in [-0.25, -0.2) is 12.7 Å². The third-order valence-corrected chi connectivity index (χ3v) is 4.81. The average Bonchev–Trinajstić information content (AvgIpc) is 2.48. The van der Waals surface area contributed by atoms with Crippen LogP contribution < -0.4 is 10.1 Å². The Bertz CT molecular complexity index is 693. The first-order valence-corrected chi connectivity index (χ1v) is 7.86. The number of nitrogens with one attached hydrogen (secondary N) is 1. The standard InChI is InChI=1S/C15H18N2O3S/c1-16-12-4-6-13(7-5-12)20-14-8-10-15(11-9-14)21(18,19)17(2)3/h4-11,16H,1-3H3. The van der Waals surface area contributed by atoms with Gasteiger partial charge >= 0.3 is 0 Å². The van der Waals surface area contributed by atoms with Crippen molar-refractivity contribution < 1.29 is 13.2 Å². The van der Waals surface area contributed by atoms with Crippen molar-refractivity contribution in [3.8, 4) is 11.5 Å². The molecule has 0 saturated carbocycles. The Labute approximate surface area is 125 Å². The lowest BCUT2D eigenvalue weighted by molar-refractivity contribution is 0.482. The molecule has 0 aromatic heterocycles. The van der Waals surface area contributed by atoms with Crippen LogP contribution in [-0.4, -0.2) is 33.9 Å². The van der Waals surface area contributed by atoms with Gasteiger partial charge in [-0.2, -0.15) is 0 Å². The molecule has 0 amide bonds. The summed E-state index contributed by atoms with van der Waals surface area (Å²) in [6.45, 7) is 0. The molecule has 112 valence electrons. The van der Waals surface area contributed by atoms with Crippen LogP contribution in [0.15, 0.2) is 53.4 Å². The second-order valence-corrected chi connectivity index (χ2v) is 6.79. The van der Waals surface area contributed by atoms with E-state index in [4.69, 9.17) is 4.74 Å². The summed E-state index contributed by atoms with van der Waals surface area (Å²) in [5.41, 5.74) is 0.995. The molecule has 5 nitrogen and oxygen atoms in total. The van der Waals surface area contributed by atoms with Crippen molar-refractivity contribution in [3.05, 3.63) is 48.5 Å². The van der Waals surface area contributed by atoms with Gasteiger partial charge < -0.3 is 10.1 Å². The Morgan fingerprint density at radius 1 is 0.905 bits per heavy atom. The van der Waals surface area contributed by atoms with Crippen LogP contribution in [0.1, 0.15) is 0 Å². The lowest BCUT2D eigenvalue weighted by Gasteiger charge is -2.12. The summed E-state index contributed by atoms with van der Waals surface area (Å²) < 4.78 is 30.8. The van der Waals surface area contributed by atoms with Crippen LogP contribution in [0.3, 0.4) is 0 Å². The van der Waals surface area contributed by atoms with E-state index < -0.39 is 10.0 Å². The zero-order valence-corrected chi connectivity index (χ0v) is 13.0. The van der Waals surface area contributed by atoms with E-state index in [1.165, 1.54) is 30.5 Å². The highest BCUT2D eigenvalue weighted by molar-refractivity contribution is 7.89. The Morgan fingerprint density at radius 3 is 1.81 bits per heavy atom. The van der Waals surface area contributed by atoms with E-state index in [0.717, 1.165) is 5.69 Å². The lowest BCUT2D eigenvalue weighted by atomic mass is 10.3. The predicted octanol–water partition coefficient (Wildman–Crippen LogP) is 2.77. The molecule has 2 aromatic rings. The number of hydrogen-bond acceptors (Lipinski definition) is 4. The molecule has 0 radical (unpaired) electrons. The summed E-state index contributed by atoms with van der Waals surface area (Å²) in [5, 5.41) is 3.03. The van der Waals surface area contributed by atoms with Crippen molar-refractivity contribution in [3.63, 3.8) is 0 Å². The van der Waals surface area contributed by atoms with Crippen molar-refractivity contribution >= 4 is 15.7 Å². The smallest absolute Gasteiger partial charge is 0.242 e. The van der Waals surface area contributed by atoms with E-state index >= 15 is 0 Å². The zero-order valence-electron chi connectivity index (χ0n) is 12.2. The van der Waals surface area contributed by atoms with Gasteiger partial charge in [-0.15, -0.1) is 0 Å². The monoisotopic (exact) mass is 306 g/mol. The van der Waals surface area contributed by atoms with Gasteiger partial charge in [0, 0.05) is 26.8 Å². The average molecular weight is 306 g/mol. The minimum Gasteiger partial charge on any atom is -0.457 e. The Kier molecular flexibility index (Phi) is 4.50. The molecule has 0 heterocycles. The van der Waals surface area contributed by atoms with Crippen LogP contribution in [0, 0.1) is 0 Å². The molecule has 2 aromatic carbocycles. The second-order valence-electron chi connectivity index (χ2n) is 4.64. The van der Waals surface area contributed by atoms with Gasteiger partial charge in [-0.05, 0) is 48.5 Å². The predicted molar refractivity (Wildman–Crippen MR) is 83.4 cm³/mol. The number of ether oxygens (including phenoxy) is 1. The molecule has 21 heavy (non-hydrogen) atoms. The summed E-state index contributed by atoms with van der Waals surface area (Å²) >= 11 is 0. The summed E-state index contributed by atoms with van der Waals surface area (Å²) in [4.78, 5) is 0.241. The van der Waals surface area contributed by atoms with E-state index in [-0.39, 0.29) is 4.90 Å². The number of anilines is 1. The Morgan fingerprint density at radius 2 is 1.38 bits per heavy atom. The maximum Gasteiger partial charge on any atom is 0.242 e. The third-order valence-electron chi connectivity index (χ3n) is 2.98. The molecule has 1 N–H and O–H groups in total. The highest BCUT2D eigenvalue weighted by Crippen LogP contribution is 2.24. The number of nitrogens with zero attached hydrogens (tertiary/aromatic N) is 1. The van der Waals surface area contributed by atoms with Gasteiger partial charge in [-0.3, -0.25) is 0 Å². The van der Waals surface area contributed by atoms with Crippen molar-refractivity contribution in [1.29, 1.82) is 0 Å². The molecule has 0 aliphatic heterocycles. The lowest BCUT2D eigenvalue weighted by Crippen LogP contribution is -2.22. The molecular formula is C15H18N2O3S. The fraction of sp³-hybridized carbons (Fsp3) is 0.200. The molecular weight excluding hydrogens is 288 g/mol. The van der Waals surface area contributed by atoms with Crippen LogP contribution in [0.4, 0.5) is 5.69 Å². The van der Waals surface area contributed by atoms with E-state index in [0.29, 0.717) is 11.5 Å². The van der Waals surface area contributed by atoms with Gasteiger partial charge in [0.2, 0.25) is 10.0 Å². The highest BCUT2D eigenvalue weighted by atomic mass is 32.2. The second kappa shape index (κ2) is 6.15. The minimum atomic E-state index is -3.41. The fourth-order valence-corrected chi connectivity index (χ4v) is 2.62. The molecule has 0 atom stereocenters. The number of sulfonamides is 1. The largest absolute Gasteiger partial charge is 0.457 e. The molecule has 0 saturated heterocycles. The van der Waals surface area contributed by atoms with Crippen molar-refractivity contribution in [2.75, 3.05) is 26.5 Å². The summed E-state index contributed by atoms with van der Waals surface area (Å²) in [5.74, 6) is 1.28. The summed E-state index contributed by atoms with van der Waals surface area (Å²) in [6, 6.07) is 13.8. The van der Waals surface area contributed by atoms with E-state index in [1.807, 2.05) is 31.3 Å². The third kappa shape index (κ3) is 3.53. The van der Waals surface area contributed by atoms with Gasteiger partial charge in [0.25, 0.3) is 0 Å². The van der Waals surface area contributed by atoms with Crippen LogP contribution in [0.25, 0.3) is 0 Å². The number of rotatable bonds is 5. The molecule has 6 heteroatoms. The van der Waals surface area contributed by atoms with Gasteiger partial charge in [0.15, 0.2) is 0 Å². The van der Waals surface area contributed by atoms with Gasteiger partial charge in [0.1, 0.15) is 11.5 Å². The summed E-state index contributed by atoms with van der Waals surface area (Å²) in [6.07, 6.45) is 0. The quantitative estimate of drug-likeness (QED) is 0.923. The molecule has 0 spiro atoms. The maximum absolute atomic E-state index is 12.0. The van der Waals surface area contributed by atoms with Crippen molar-refractivity contribution in [2.45, 2.75) is 4.90 Å². The molecule has 0 fully saturated rings.